The normalized spacial score (nSPS) is 19.3. The van der Waals surface area contributed by atoms with Gasteiger partial charge in [-0.3, -0.25) is 9.69 Å². The maximum absolute atomic E-state index is 13.0. The van der Waals surface area contributed by atoms with Gasteiger partial charge in [-0.15, -0.1) is 0 Å². The minimum atomic E-state index is -0.226. The molecule has 2 aliphatic heterocycles. The number of thioether (sulfide) groups is 1. The molecule has 1 saturated heterocycles. The predicted molar refractivity (Wildman–Crippen MR) is 111 cm³/mol. The second-order valence-electron chi connectivity index (χ2n) is 6.93. The van der Waals surface area contributed by atoms with Crippen molar-refractivity contribution in [1.82, 2.24) is 4.90 Å². The molecular weight excluding hydrogens is 370 g/mol. The lowest BCUT2D eigenvalue weighted by atomic mass is 9.86. The molecule has 28 heavy (non-hydrogen) atoms. The zero-order chi connectivity index (χ0) is 19.7. The molecule has 2 aromatic rings. The zero-order valence-electron chi connectivity index (χ0n) is 15.9. The van der Waals surface area contributed by atoms with Crippen LogP contribution in [-0.2, 0) is 4.79 Å². The number of carbonyl (C=O) groups is 1. The van der Waals surface area contributed by atoms with Gasteiger partial charge >= 0.3 is 0 Å². The number of hydrogen-bond acceptors (Lipinski definition) is 5. The molecule has 0 N–H and O–H groups in total. The average Bonchev–Trinajstić information content (AvgIpc) is 2.74. The molecule has 2 heterocycles. The first-order chi connectivity index (χ1) is 13.6. The van der Waals surface area contributed by atoms with Crippen LogP contribution in [0.5, 0.6) is 5.75 Å². The zero-order valence-corrected chi connectivity index (χ0v) is 16.7. The van der Waals surface area contributed by atoms with E-state index in [1.54, 1.807) is 23.8 Å². The maximum atomic E-state index is 13.0. The van der Waals surface area contributed by atoms with E-state index in [0.29, 0.717) is 24.5 Å². The van der Waals surface area contributed by atoms with Crippen LogP contribution >= 0.6 is 11.8 Å². The topological polar surface area (TPSA) is 56.6 Å². The Morgan fingerprint density at radius 1 is 1.21 bits per heavy atom. The molecule has 6 heteroatoms. The number of methoxy groups -OCH3 is 1. The van der Waals surface area contributed by atoms with Crippen molar-refractivity contribution in [3.05, 3.63) is 70.3 Å². The SMILES string of the molecule is COc1cccc([C@H]2CC(=O)N3CN(c4ccccc4C)CSC3=C2C#N)c1. The summed E-state index contributed by atoms with van der Waals surface area (Å²) in [4.78, 5) is 16.9. The van der Waals surface area contributed by atoms with E-state index in [4.69, 9.17) is 4.74 Å². The second-order valence-corrected chi connectivity index (χ2v) is 7.86. The summed E-state index contributed by atoms with van der Waals surface area (Å²) in [6.45, 7) is 2.55. The van der Waals surface area contributed by atoms with Crippen molar-refractivity contribution >= 4 is 23.4 Å². The number of hydrogen-bond donors (Lipinski definition) is 0. The molecule has 0 radical (unpaired) electrons. The number of carbonyl (C=O) groups excluding carboxylic acids is 1. The minimum Gasteiger partial charge on any atom is -0.497 e. The highest BCUT2D eigenvalue weighted by Gasteiger charge is 2.38. The number of nitrogens with zero attached hydrogens (tertiary/aromatic N) is 3. The molecule has 5 nitrogen and oxygen atoms in total. The fourth-order valence-electron chi connectivity index (χ4n) is 3.78. The van der Waals surface area contributed by atoms with Crippen LogP contribution in [0.25, 0.3) is 0 Å². The van der Waals surface area contributed by atoms with Gasteiger partial charge in [0.15, 0.2) is 0 Å². The Morgan fingerprint density at radius 3 is 2.79 bits per heavy atom. The molecule has 0 saturated carbocycles. The first kappa shape index (κ1) is 18.5. The molecule has 0 bridgehead atoms. The molecule has 0 aliphatic carbocycles. The maximum Gasteiger partial charge on any atom is 0.229 e. The van der Waals surface area contributed by atoms with Crippen LogP contribution in [0.4, 0.5) is 5.69 Å². The molecule has 4 rings (SSSR count). The van der Waals surface area contributed by atoms with Gasteiger partial charge in [-0.1, -0.05) is 42.1 Å². The van der Waals surface area contributed by atoms with E-state index >= 15 is 0 Å². The van der Waals surface area contributed by atoms with Crippen molar-refractivity contribution in [3.8, 4) is 11.8 Å². The summed E-state index contributed by atoms with van der Waals surface area (Å²) in [5.41, 5.74) is 3.91. The standard InChI is InChI=1S/C22H21N3O2S/c1-15-6-3-4-9-20(15)24-13-25-21(26)11-18(19(12-23)22(25)28-14-24)16-7-5-8-17(10-16)27-2/h3-10,18H,11,13-14H2,1-2H3/t18-/m1/s1. The molecule has 2 aromatic carbocycles. The van der Waals surface area contributed by atoms with Crippen LogP contribution in [0.2, 0.25) is 0 Å². The fourth-order valence-corrected chi connectivity index (χ4v) is 4.93. The van der Waals surface area contributed by atoms with Crippen LogP contribution in [0, 0.1) is 18.3 Å². The van der Waals surface area contributed by atoms with Crippen LogP contribution < -0.4 is 9.64 Å². The molecule has 142 valence electrons. The highest BCUT2D eigenvalue weighted by Crippen LogP contribution is 2.43. The van der Waals surface area contributed by atoms with E-state index in [1.807, 2.05) is 36.4 Å². The Balaban J connectivity index is 1.68. The van der Waals surface area contributed by atoms with Crippen molar-refractivity contribution in [3.63, 3.8) is 0 Å². The van der Waals surface area contributed by atoms with Gasteiger partial charge in [0.05, 0.1) is 36.3 Å². The fraction of sp³-hybridized carbons (Fsp3) is 0.273. The molecule has 1 fully saturated rings. The number of anilines is 1. The summed E-state index contributed by atoms with van der Waals surface area (Å²) in [6, 6.07) is 18.2. The summed E-state index contributed by atoms with van der Waals surface area (Å²) in [5.74, 6) is 1.26. The highest BCUT2D eigenvalue weighted by atomic mass is 32.2. The van der Waals surface area contributed by atoms with Crippen molar-refractivity contribution in [2.75, 3.05) is 24.6 Å². The third kappa shape index (κ3) is 3.23. The van der Waals surface area contributed by atoms with Gasteiger partial charge in [0, 0.05) is 18.0 Å². The van der Waals surface area contributed by atoms with Crippen molar-refractivity contribution in [2.45, 2.75) is 19.3 Å². The van der Waals surface area contributed by atoms with E-state index in [9.17, 15) is 10.1 Å². The van der Waals surface area contributed by atoms with Gasteiger partial charge in [0.2, 0.25) is 5.91 Å². The Bertz CT molecular complexity index is 995. The molecule has 0 unspecified atom stereocenters. The monoisotopic (exact) mass is 391 g/mol. The number of ether oxygens (including phenoxy) is 1. The Labute approximate surface area is 169 Å². The molecular formula is C22H21N3O2S. The quantitative estimate of drug-likeness (QED) is 0.784. The van der Waals surface area contributed by atoms with Gasteiger partial charge in [-0.25, -0.2) is 0 Å². The molecule has 0 spiro atoms. The first-order valence-corrected chi connectivity index (χ1v) is 10.1. The van der Waals surface area contributed by atoms with Crippen molar-refractivity contribution < 1.29 is 9.53 Å². The van der Waals surface area contributed by atoms with Gasteiger partial charge in [-0.2, -0.15) is 5.26 Å². The number of fused-ring (bicyclic) bond motifs is 1. The Kier molecular flexibility index (Phi) is 5.01. The number of amides is 1. The summed E-state index contributed by atoms with van der Waals surface area (Å²) in [6.07, 6.45) is 0.293. The number of para-hydroxylation sites is 1. The molecule has 0 aromatic heterocycles. The van der Waals surface area contributed by atoms with E-state index in [-0.39, 0.29) is 11.8 Å². The predicted octanol–water partition coefficient (Wildman–Crippen LogP) is 4.22. The van der Waals surface area contributed by atoms with Gasteiger partial charge in [0.25, 0.3) is 0 Å². The van der Waals surface area contributed by atoms with E-state index < -0.39 is 0 Å². The van der Waals surface area contributed by atoms with E-state index in [0.717, 1.165) is 22.0 Å². The smallest absolute Gasteiger partial charge is 0.229 e. The largest absolute Gasteiger partial charge is 0.497 e. The number of nitriles is 1. The molecule has 2 aliphatic rings. The highest BCUT2D eigenvalue weighted by molar-refractivity contribution is 8.03. The first-order valence-electron chi connectivity index (χ1n) is 9.14. The average molecular weight is 391 g/mol. The number of benzene rings is 2. The van der Waals surface area contributed by atoms with Gasteiger partial charge < -0.3 is 9.64 Å². The summed E-state index contributed by atoms with van der Waals surface area (Å²) in [7, 11) is 1.62. The van der Waals surface area contributed by atoms with E-state index in [1.165, 1.54) is 5.56 Å². The Hall–Kier alpha value is -2.91. The van der Waals surface area contributed by atoms with Crippen LogP contribution in [0.15, 0.2) is 59.1 Å². The Morgan fingerprint density at radius 2 is 2.04 bits per heavy atom. The van der Waals surface area contributed by atoms with E-state index in [2.05, 4.69) is 30.0 Å². The summed E-state index contributed by atoms with van der Waals surface area (Å²) >= 11 is 1.56. The lowest BCUT2D eigenvalue weighted by molar-refractivity contribution is -0.129. The van der Waals surface area contributed by atoms with Crippen molar-refractivity contribution in [2.24, 2.45) is 0 Å². The third-order valence-electron chi connectivity index (χ3n) is 5.25. The number of aryl methyl sites for hydroxylation is 1. The van der Waals surface area contributed by atoms with Crippen LogP contribution in [0.1, 0.15) is 23.5 Å². The number of allylic oxidation sites excluding steroid dienone is 1. The minimum absolute atomic E-state index is 0.0487. The van der Waals surface area contributed by atoms with Crippen molar-refractivity contribution in [1.29, 1.82) is 5.26 Å². The lowest BCUT2D eigenvalue weighted by Gasteiger charge is -2.42. The number of rotatable bonds is 3. The van der Waals surface area contributed by atoms with Crippen LogP contribution in [-0.4, -0.2) is 30.5 Å². The third-order valence-corrected chi connectivity index (χ3v) is 6.40. The van der Waals surface area contributed by atoms with Gasteiger partial charge in [0.1, 0.15) is 5.75 Å². The summed E-state index contributed by atoms with van der Waals surface area (Å²) in [5, 5.41) is 10.7. The van der Waals surface area contributed by atoms with Crippen LogP contribution in [0.3, 0.4) is 0 Å². The molecule has 1 atom stereocenters. The molecule has 1 amide bonds. The van der Waals surface area contributed by atoms with Gasteiger partial charge in [-0.05, 0) is 36.2 Å². The summed E-state index contributed by atoms with van der Waals surface area (Å²) < 4.78 is 5.32. The second kappa shape index (κ2) is 7.61. The lowest BCUT2D eigenvalue weighted by Crippen LogP contribution is -2.47.